The third-order valence-electron chi connectivity index (χ3n) is 4.59. The van der Waals surface area contributed by atoms with Gasteiger partial charge in [-0.3, -0.25) is 9.52 Å². The van der Waals surface area contributed by atoms with Gasteiger partial charge in [-0.15, -0.1) is 0 Å². The van der Waals surface area contributed by atoms with Crippen molar-refractivity contribution >= 4 is 27.2 Å². The van der Waals surface area contributed by atoms with Crippen LogP contribution in [0, 0.1) is 19.8 Å². The number of Topliss-reactive ketones (excluding diaryl/α,β-unsaturated/α-hetero) is 1. The molecule has 150 valence electrons. The second-order valence-electron chi connectivity index (χ2n) is 7.43. The fourth-order valence-corrected chi connectivity index (χ4v) is 3.94. The van der Waals surface area contributed by atoms with Gasteiger partial charge in [-0.2, -0.15) is 0 Å². The molecule has 29 heavy (non-hydrogen) atoms. The lowest BCUT2D eigenvalue weighted by Gasteiger charge is -2.18. The SMILES string of the molecule is Cc1ccc(N=C2C=C(NS(=O)(=O)c3ccc(C)cc3)C=C(C(C)C)C2=O)cc1. The van der Waals surface area contributed by atoms with E-state index >= 15 is 0 Å². The minimum absolute atomic E-state index is 0.0710. The Kier molecular flexibility index (Phi) is 5.84. The smallest absolute Gasteiger partial charge is 0.261 e. The Labute approximate surface area is 171 Å². The van der Waals surface area contributed by atoms with Crippen LogP contribution in [0.15, 0.2) is 81.8 Å². The van der Waals surface area contributed by atoms with E-state index in [-0.39, 0.29) is 22.3 Å². The van der Waals surface area contributed by atoms with Crippen molar-refractivity contribution in [2.24, 2.45) is 10.9 Å². The van der Waals surface area contributed by atoms with Crippen molar-refractivity contribution in [1.82, 2.24) is 4.72 Å². The molecule has 1 aliphatic carbocycles. The molecule has 1 aliphatic rings. The van der Waals surface area contributed by atoms with Gasteiger partial charge < -0.3 is 0 Å². The summed E-state index contributed by atoms with van der Waals surface area (Å²) < 4.78 is 28.1. The van der Waals surface area contributed by atoms with Crippen LogP contribution in [0.4, 0.5) is 5.69 Å². The molecule has 0 amide bonds. The number of hydrogen-bond acceptors (Lipinski definition) is 4. The maximum atomic E-state index is 12.8. The number of rotatable bonds is 5. The maximum Gasteiger partial charge on any atom is 0.261 e. The Hall–Kier alpha value is -2.99. The highest BCUT2D eigenvalue weighted by atomic mass is 32.2. The first kappa shape index (κ1) is 20.7. The van der Waals surface area contributed by atoms with E-state index in [1.165, 1.54) is 6.08 Å². The molecule has 0 bridgehead atoms. The number of ketones is 1. The molecule has 0 spiro atoms. The quantitative estimate of drug-likeness (QED) is 0.745. The van der Waals surface area contributed by atoms with Crippen LogP contribution in [0.25, 0.3) is 0 Å². The van der Waals surface area contributed by atoms with Crippen LogP contribution in [-0.4, -0.2) is 19.9 Å². The van der Waals surface area contributed by atoms with E-state index in [1.807, 2.05) is 52.0 Å². The first-order valence-electron chi connectivity index (χ1n) is 9.38. The van der Waals surface area contributed by atoms with Crippen LogP contribution < -0.4 is 4.72 Å². The van der Waals surface area contributed by atoms with E-state index in [0.717, 1.165) is 11.1 Å². The van der Waals surface area contributed by atoms with Crippen LogP contribution in [0.5, 0.6) is 0 Å². The Morgan fingerprint density at radius 3 is 1.97 bits per heavy atom. The number of hydrogen-bond donors (Lipinski definition) is 1. The summed E-state index contributed by atoms with van der Waals surface area (Å²) in [5.74, 6) is -0.267. The molecule has 5 nitrogen and oxygen atoms in total. The van der Waals surface area contributed by atoms with Gasteiger partial charge >= 0.3 is 0 Å². The van der Waals surface area contributed by atoms with Crippen molar-refractivity contribution in [2.75, 3.05) is 0 Å². The third kappa shape index (κ3) is 4.90. The number of nitrogens with one attached hydrogen (secondary N) is 1. The molecule has 1 N–H and O–H groups in total. The van der Waals surface area contributed by atoms with Crippen LogP contribution in [0.3, 0.4) is 0 Å². The first-order valence-corrected chi connectivity index (χ1v) is 10.9. The average Bonchev–Trinajstić information content (AvgIpc) is 2.66. The second-order valence-corrected chi connectivity index (χ2v) is 9.12. The highest BCUT2D eigenvalue weighted by molar-refractivity contribution is 7.89. The highest BCUT2D eigenvalue weighted by Gasteiger charge is 2.25. The number of benzene rings is 2. The summed E-state index contributed by atoms with van der Waals surface area (Å²) in [5.41, 5.74) is 3.75. The lowest BCUT2D eigenvalue weighted by atomic mass is 9.91. The minimum Gasteiger partial charge on any atom is -0.287 e. The summed E-state index contributed by atoms with van der Waals surface area (Å²) in [7, 11) is -3.77. The molecular formula is C23H24N2O3S. The fraction of sp³-hybridized carbons (Fsp3) is 0.217. The van der Waals surface area contributed by atoms with Crippen molar-refractivity contribution in [2.45, 2.75) is 32.6 Å². The van der Waals surface area contributed by atoms with Crippen LogP contribution >= 0.6 is 0 Å². The van der Waals surface area contributed by atoms with Gasteiger partial charge in [-0.05, 0) is 56.2 Å². The lowest BCUT2D eigenvalue weighted by molar-refractivity contribution is -0.110. The predicted molar refractivity (Wildman–Crippen MR) is 116 cm³/mol. The number of nitrogens with zero attached hydrogens (tertiary/aromatic N) is 1. The molecule has 0 heterocycles. The van der Waals surface area contributed by atoms with Crippen molar-refractivity contribution in [3.8, 4) is 0 Å². The zero-order chi connectivity index (χ0) is 21.2. The van der Waals surface area contributed by atoms with Crippen LogP contribution in [-0.2, 0) is 14.8 Å². The van der Waals surface area contributed by atoms with E-state index < -0.39 is 10.0 Å². The van der Waals surface area contributed by atoms with Crippen molar-refractivity contribution in [3.05, 3.63) is 83.1 Å². The summed E-state index contributed by atoms with van der Waals surface area (Å²) >= 11 is 0. The molecule has 0 unspecified atom stereocenters. The molecule has 0 fully saturated rings. The first-order chi connectivity index (χ1) is 13.7. The van der Waals surface area contributed by atoms with E-state index in [2.05, 4.69) is 9.71 Å². The number of aliphatic imine (C=N–C) groups is 1. The zero-order valence-corrected chi connectivity index (χ0v) is 17.7. The number of aryl methyl sites for hydroxylation is 2. The van der Waals surface area contributed by atoms with Gasteiger partial charge in [0.1, 0.15) is 5.71 Å². The van der Waals surface area contributed by atoms with Gasteiger partial charge in [0.15, 0.2) is 0 Å². The Morgan fingerprint density at radius 2 is 1.41 bits per heavy atom. The zero-order valence-electron chi connectivity index (χ0n) is 16.9. The topological polar surface area (TPSA) is 75.6 Å². The van der Waals surface area contributed by atoms with Crippen molar-refractivity contribution in [1.29, 1.82) is 0 Å². The van der Waals surface area contributed by atoms with Crippen LogP contribution in [0.2, 0.25) is 0 Å². The summed E-state index contributed by atoms with van der Waals surface area (Å²) in [6.07, 6.45) is 3.08. The second kappa shape index (κ2) is 8.17. The lowest BCUT2D eigenvalue weighted by Crippen LogP contribution is -2.29. The number of allylic oxidation sites excluding steroid dienone is 3. The number of carbonyl (C=O) groups excluding carboxylic acids is 1. The molecule has 0 saturated heterocycles. The fourth-order valence-electron chi connectivity index (χ4n) is 2.90. The Bertz CT molecular complexity index is 1120. The molecular weight excluding hydrogens is 384 g/mol. The highest BCUT2D eigenvalue weighted by Crippen LogP contribution is 2.23. The van der Waals surface area contributed by atoms with Gasteiger partial charge in [0.25, 0.3) is 10.0 Å². The average molecular weight is 409 g/mol. The van der Waals surface area contributed by atoms with Crippen LogP contribution in [0.1, 0.15) is 25.0 Å². The molecule has 0 saturated carbocycles. The summed E-state index contributed by atoms with van der Waals surface area (Å²) in [5, 5.41) is 0. The van der Waals surface area contributed by atoms with Gasteiger partial charge in [0.05, 0.1) is 16.3 Å². The Morgan fingerprint density at radius 1 is 0.862 bits per heavy atom. The number of sulfonamides is 1. The molecule has 3 rings (SSSR count). The van der Waals surface area contributed by atoms with Gasteiger partial charge in [-0.1, -0.05) is 49.2 Å². The Balaban J connectivity index is 1.99. The standard InChI is InChI=1S/C23H24N2O3S/c1-15(2)21-13-19(25-29(27,28)20-11-7-17(4)8-12-20)14-22(23(21)26)24-18-9-5-16(3)6-10-18/h5-15,25H,1-4H3. The van der Waals surface area contributed by atoms with E-state index in [1.54, 1.807) is 30.3 Å². The minimum atomic E-state index is -3.77. The molecule has 2 aromatic carbocycles. The van der Waals surface area contributed by atoms with E-state index in [4.69, 9.17) is 0 Å². The van der Waals surface area contributed by atoms with Crippen molar-refractivity contribution < 1.29 is 13.2 Å². The van der Waals surface area contributed by atoms with Crippen molar-refractivity contribution in [3.63, 3.8) is 0 Å². The van der Waals surface area contributed by atoms with E-state index in [9.17, 15) is 13.2 Å². The number of carbonyl (C=O) groups is 1. The molecule has 0 aliphatic heterocycles. The van der Waals surface area contributed by atoms with Gasteiger partial charge in [-0.25, -0.2) is 13.4 Å². The largest absolute Gasteiger partial charge is 0.287 e. The molecule has 0 radical (unpaired) electrons. The van der Waals surface area contributed by atoms with Gasteiger partial charge in [0, 0.05) is 5.57 Å². The molecule has 2 aromatic rings. The molecule has 6 heteroatoms. The molecule has 0 atom stereocenters. The third-order valence-corrected chi connectivity index (χ3v) is 5.98. The normalized spacial score (nSPS) is 16.0. The summed E-state index contributed by atoms with van der Waals surface area (Å²) in [6.45, 7) is 7.65. The van der Waals surface area contributed by atoms with Gasteiger partial charge in [0.2, 0.25) is 5.78 Å². The summed E-state index contributed by atoms with van der Waals surface area (Å²) in [4.78, 5) is 17.5. The van der Waals surface area contributed by atoms with E-state index in [0.29, 0.717) is 17.0 Å². The summed E-state index contributed by atoms with van der Waals surface area (Å²) in [6, 6.07) is 14.1. The predicted octanol–water partition coefficient (Wildman–Crippen LogP) is 4.40. The monoisotopic (exact) mass is 408 g/mol. The molecule has 0 aromatic heterocycles. The maximum absolute atomic E-state index is 12.8.